The van der Waals surface area contributed by atoms with Gasteiger partial charge in [0.05, 0.1) is 13.2 Å². The van der Waals surface area contributed by atoms with E-state index >= 15 is 0 Å². The number of thiophene rings is 2. The molecular weight excluding hydrogens is 512 g/mol. The van der Waals surface area contributed by atoms with Gasteiger partial charge in [-0.25, -0.2) is 4.79 Å². The summed E-state index contributed by atoms with van der Waals surface area (Å²) in [6, 6.07) is 16.0. The van der Waals surface area contributed by atoms with Crippen LogP contribution in [0.15, 0.2) is 57.5 Å². The molecule has 4 aromatic rings. The lowest BCUT2D eigenvalue weighted by Gasteiger charge is -1.95. The molecule has 1 N–H and O–H groups in total. The van der Waals surface area contributed by atoms with Crippen LogP contribution in [-0.2, 0) is 11.3 Å². The van der Waals surface area contributed by atoms with Gasteiger partial charge in [-0.15, -0.1) is 22.7 Å². The van der Waals surface area contributed by atoms with Crippen LogP contribution in [0.1, 0.15) is 21.5 Å². The summed E-state index contributed by atoms with van der Waals surface area (Å²) < 4.78 is 9.37. The van der Waals surface area contributed by atoms with Gasteiger partial charge in [0.2, 0.25) is 0 Å². The highest BCUT2D eigenvalue weighted by Gasteiger charge is 2.10. The number of carbonyl (C=O) groups excluding carboxylic acids is 1. The van der Waals surface area contributed by atoms with Gasteiger partial charge in [0.15, 0.2) is 0 Å². The molecule has 0 aliphatic rings. The molecule has 0 aliphatic carbocycles. The summed E-state index contributed by atoms with van der Waals surface area (Å²) in [6.45, 7) is 2.36. The van der Waals surface area contributed by atoms with E-state index in [0.717, 1.165) is 23.9 Å². The lowest BCUT2D eigenvalue weighted by atomic mass is 10.2. The van der Waals surface area contributed by atoms with Gasteiger partial charge in [-0.1, -0.05) is 31.9 Å². The van der Waals surface area contributed by atoms with E-state index in [4.69, 9.17) is 9.84 Å². The van der Waals surface area contributed by atoms with Crippen LogP contribution in [0, 0.1) is 0 Å². The van der Waals surface area contributed by atoms with Crippen molar-refractivity contribution in [3.63, 3.8) is 0 Å². The zero-order valence-corrected chi connectivity index (χ0v) is 19.2. The molecule has 0 aliphatic heterocycles. The first-order valence-electron chi connectivity index (χ1n) is 8.15. The molecule has 140 valence electrons. The Morgan fingerprint density at radius 3 is 2.15 bits per heavy atom. The molecule has 0 fully saturated rings. The summed E-state index contributed by atoms with van der Waals surface area (Å²) >= 11 is 9.90. The molecule has 3 nitrogen and oxygen atoms in total. The van der Waals surface area contributed by atoms with Crippen molar-refractivity contribution in [2.45, 2.75) is 13.5 Å². The maximum absolute atomic E-state index is 11.5. The van der Waals surface area contributed by atoms with Crippen LogP contribution < -0.4 is 0 Å². The monoisotopic (exact) mass is 526 g/mol. The van der Waals surface area contributed by atoms with Crippen LogP contribution in [0.3, 0.4) is 0 Å². The molecule has 2 heterocycles. The van der Waals surface area contributed by atoms with Crippen molar-refractivity contribution in [1.82, 2.24) is 0 Å². The molecule has 2 aromatic heterocycles. The fourth-order valence-electron chi connectivity index (χ4n) is 2.46. The van der Waals surface area contributed by atoms with E-state index < -0.39 is 0 Å². The fraction of sp³-hybridized carbons (Fsp3) is 0.150. The normalized spacial score (nSPS) is 10.7. The number of halogens is 2. The second-order valence-corrected chi connectivity index (χ2v) is 9.65. The molecule has 2 aromatic carbocycles. The minimum Gasteiger partial charge on any atom is -0.462 e. The third-order valence-electron chi connectivity index (χ3n) is 3.64. The zero-order valence-electron chi connectivity index (χ0n) is 14.4. The number of esters is 1. The van der Waals surface area contributed by atoms with E-state index in [9.17, 15) is 4.79 Å². The average Bonchev–Trinajstić information content (AvgIpc) is 3.25. The second-order valence-electron chi connectivity index (χ2n) is 5.57. The standard InChI is InChI=1S/C11H9BrO2S.C9H7BrOS/c1-2-14-11(13)10-6-7-5-8(12)3-4-9(7)15-10;10-7-1-2-9-6(3-7)4-8(5-11)12-9/h3-6H,2H2,1H3;1-4,11H,5H2. The molecule has 0 bridgehead atoms. The van der Waals surface area contributed by atoms with Gasteiger partial charge in [0, 0.05) is 23.2 Å². The van der Waals surface area contributed by atoms with Crippen LogP contribution in [0.2, 0.25) is 0 Å². The number of hydrogen-bond acceptors (Lipinski definition) is 5. The number of aliphatic hydroxyl groups excluding tert-OH is 1. The summed E-state index contributed by atoms with van der Waals surface area (Å²) in [7, 11) is 0. The predicted octanol–water partition coefficient (Wildman–Crippen LogP) is 7.00. The molecule has 0 radical (unpaired) electrons. The van der Waals surface area contributed by atoms with Gasteiger partial charge in [-0.3, -0.25) is 0 Å². The van der Waals surface area contributed by atoms with Crippen molar-refractivity contribution in [2.75, 3.05) is 6.61 Å². The van der Waals surface area contributed by atoms with Crippen molar-refractivity contribution in [1.29, 1.82) is 0 Å². The van der Waals surface area contributed by atoms with E-state index in [-0.39, 0.29) is 12.6 Å². The molecule has 7 heteroatoms. The van der Waals surface area contributed by atoms with Crippen LogP contribution in [0.5, 0.6) is 0 Å². The molecular formula is C20H16Br2O3S2. The van der Waals surface area contributed by atoms with E-state index in [1.807, 2.05) is 43.3 Å². The highest BCUT2D eigenvalue weighted by Crippen LogP contribution is 2.29. The molecule has 0 amide bonds. The van der Waals surface area contributed by atoms with Crippen molar-refractivity contribution >= 4 is 80.7 Å². The van der Waals surface area contributed by atoms with E-state index in [2.05, 4.69) is 44.0 Å². The highest BCUT2D eigenvalue weighted by atomic mass is 79.9. The Morgan fingerprint density at radius 1 is 0.963 bits per heavy atom. The number of carbonyl (C=O) groups is 1. The number of fused-ring (bicyclic) bond motifs is 2. The lowest BCUT2D eigenvalue weighted by Crippen LogP contribution is -2.01. The quantitative estimate of drug-likeness (QED) is 0.292. The van der Waals surface area contributed by atoms with Crippen molar-refractivity contribution in [2.24, 2.45) is 0 Å². The second kappa shape index (κ2) is 9.30. The molecule has 0 unspecified atom stereocenters. The van der Waals surface area contributed by atoms with Crippen molar-refractivity contribution in [3.05, 3.63) is 67.2 Å². The Hall–Kier alpha value is -1.25. The predicted molar refractivity (Wildman–Crippen MR) is 121 cm³/mol. The smallest absolute Gasteiger partial charge is 0.348 e. The maximum atomic E-state index is 11.5. The summed E-state index contributed by atoms with van der Waals surface area (Å²) in [5.74, 6) is -0.241. The van der Waals surface area contributed by atoms with Crippen LogP contribution in [0.4, 0.5) is 0 Å². The summed E-state index contributed by atoms with van der Waals surface area (Å²) in [5.41, 5.74) is 0. The molecule has 27 heavy (non-hydrogen) atoms. The first kappa shape index (κ1) is 20.5. The Bertz CT molecular complexity index is 1090. The van der Waals surface area contributed by atoms with Crippen molar-refractivity contribution < 1.29 is 14.6 Å². The number of rotatable bonds is 3. The summed E-state index contributed by atoms with van der Waals surface area (Å²) in [6.07, 6.45) is 0. The number of ether oxygens (including phenoxy) is 1. The topological polar surface area (TPSA) is 46.5 Å². The molecule has 0 spiro atoms. The zero-order chi connectivity index (χ0) is 19.4. The third-order valence-corrected chi connectivity index (χ3v) is 6.82. The number of benzene rings is 2. The number of aliphatic hydroxyl groups is 1. The van der Waals surface area contributed by atoms with Gasteiger partial charge in [-0.2, -0.15) is 0 Å². The largest absolute Gasteiger partial charge is 0.462 e. The Morgan fingerprint density at radius 2 is 1.56 bits per heavy atom. The highest BCUT2D eigenvalue weighted by molar-refractivity contribution is 9.10. The lowest BCUT2D eigenvalue weighted by molar-refractivity contribution is 0.0532. The first-order chi connectivity index (χ1) is 13.0. The minimum atomic E-state index is -0.241. The fourth-order valence-corrected chi connectivity index (χ4v) is 5.06. The average molecular weight is 528 g/mol. The van der Waals surface area contributed by atoms with Gasteiger partial charge in [-0.05, 0) is 66.2 Å². The first-order valence-corrected chi connectivity index (χ1v) is 11.4. The van der Waals surface area contributed by atoms with Crippen molar-refractivity contribution in [3.8, 4) is 0 Å². The number of hydrogen-bond donors (Lipinski definition) is 1. The Kier molecular flexibility index (Phi) is 7.05. The van der Waals surface area contributed by atoms with Crippen LogP contribution in [0.25, 0.3) is 20.2 Å². The summed E-state index contributed by atoms with van der Waals surface area (Å²) in [4.78, 5) is 13.1. The van der Waals surface area contributed by atoms with Gasteiger partial charge in [0.1, 0.15) is 4.88 Å². The van der Waals surface area contributed by atoms with E-state index in [1.54, 1.807) is 11.3 Å². The molecule has 4 rings (SSSR count). The molecule has 0 atom stereocenters. The van der Waals surface area contributed by atoms with Crippen LogP contribution in [-0.4, -0.2) is 17.7 Å². The molecule has 0 saturated carbocycles. The molecule has 0 saturated heterocycles. The maximum Gasteiger partial charge on any atom is 0.348 e. The van der Waals surface area contributed by atoms with Gasteiger partial charge < -0.3 is 9.84 Å². The van der Waals surface area contributed by atoms with E-state index in [0.29, 0.717) is 11.5 Å². The van der Waals surface area contributed by atoms with Gasteiger partial charge >= 0.3 is 5.97 Å². The Labute approximate surface area is 181 Å². The SMILES string of the molecule is CCOC(=O)c1cc2cc(Br)ccc2s1.OCc1cc2cc(Br)ccc2s1. The summed E-state index contributed by atoms with van der Waals surface area (Å²) in [5, 5.41) is 11.2. The Balaban J connectivity index is 0.000000159. The van der Waals surface area contributed by atoms with E-state index in [1.165, 1.54) is 21.4 Å². The minimum absolute atomic E-state index is 0.136. The van der Waals surface area contributed by atoms with Gasteiger partial charge in [0.25, 0.3) is 0 Å². The van der Waals surface area contributed by atoms with Crippen LogP contribution >= 0.6 is 54.5 Å². The third kappa shape index (κ3) is 5.18.